The van der Waals surface area contributed by atoms with Crippen molar-refractivity contribution in [1.29, 1.82) is 0 Å². The molecular weight excluding hydrogens is 500 g/mol. The number of benzene rings is 1. The summed E-state index contributed by atoms with van der Waals surface area (Å²) in [6, 6.07) is 3.46. The zero-order valence-electron chi connectivity index (χ0n) is 14.4. The highest BCUT2D eigenvalue weighted by molar-refractivity contribution is 9.11. The van der Waals surface area contributed by atoms with Gasteiger partial charge >= 0.3 is 5.97 Å². The van der Waals surface area contributed by atoms with Crippen molar-refractivity contribution in [2.45, 2.75) is 19.8 Å². The summed E-state index contributed by atoms with van der Waals surface area (Å²) in [5.41, 5.74) is 8.52. The summed E-state index contributed by atoms with van der Waals surface area (Å²) in [5.74, 6) is -0.178. The fourth-order valence-electron chi connectivity index (χ4n) is 3.06. The molecule has 2 aromatic rings. The van der Waals surface area contributed by atoms with Crippen LogP contribution in [0, 0.1) is 4.77 Å². The monoisotopic (exact) mass is 514 g/mol. The van der Waals surface area contributed by atoms with Gasteiger partial charge in [0.05, 0.1) is 27.0 Å². The van der Waals surface area contributed by atoms with E-state index in [0.29, 0.717) is 37.4 Å². The molecule has 27 heavy (non-hydrogen) atoms. The molecule has 2 heterocycles. The van der Waals surface area contributed by atoms with Gasteiger partial charge in [-0.15, -0.1) is 0 Å². The zero-order valence-corrected chi connectivity index (χ0v) is 18.4. The van der Waals surface area contributed by atoms with Crippen molar-refractivity contribution >= 4 is 61.7 Å². The summed E-state index contributed by atoms with van der Waals surface area (Å²) < 4.78 is 6.45. The van der Waals surface area contributed by atoms with Crippen LogP contribution in [0.5, 0.6) is 5.75 Å². The summed E-state index contributed by atoms with van der Waals surface area (Å²) in [6.45, 7) is 3.75. The maximum atomic E-state index is 12.7. The summed E-state index contributed by atoms with van der Waals surface area (Å²) >= 11 is 11.8. The zero-order chi connectivity index (χ0) is 19.9. The molecule has 10 heteroatoms. The van der Waals surface area contributed by atoms with E-state index in [4.69, 9.17) is 22.7 Å². The molecular formula is C17H16Br2N4O3S. The Kier molecular flexibility index (Phi) is 5.59. The van der Waals surface area contributed by atoms with Crippen molar-refractivity contribution in [3.05, 3.63) is 48.2 Å². The van der Waals surface area contributed by atoms with Gasteiger partial charge in [0, 0.05) is 11.3 Å². The molecule has 1 atom stereocenters. The highest BCUT2D eigenvalue weighted by atomic mass is 79.9. The predicted octanol–water partition coefficient (Wildman–Crippen LogP) is 4.35. The number of nitrogens with zero attached hydrogens (tertiary/aromatic N) is 1. The average Bonchev–Trinajstić information content (AvgIpc) is 2.57. The molecule has 1 aliphatic rings. The Hall–Kier alpha value is -1.91. The second-order valence-electron chi connectivity index (χ2n) is 5.87. The first-order chi connectivity index (χ1) is 12.7. The van der Waals surface area contributed by atoms with Gasteiger partial charge in [-0.05, 0) is 75.6 Å². The molecule has 1 aromatic heterocycles. The van der Waals surface area contributed by atoms with Crippen LogP contribution in [0.3, 0.4) is 0 Å². The number of carbonyl (C=O) groups is 1. The quantitative estimate of drug-likeness (QED) is 0.355. The molecule has 0 bridgehead atoms. The molecule has 0 radical (unpaired) electrons. The lowest BCUT2D eigenvalue weighted by Gasteiger charge is -2.30. The van der Waals surface area contributed by atoms with Crippen LogP contribution >= 0.6 is 44.1 Å². The third-order valence-electron chi connectivity index (χ3n) is 4.16. The van der Waals surface area contributed by atoms with Crippen LogP contribution in [0.25, 0.3) is 0 Å². The van der Waals surface area contributed by atoms with Gasteiger partial charge in [-0.25, -0.2) is 9.78 Å². The topological polar surface area (TPSA) is 113 Å². The SMILES string of the molecule is CCOC(=O)C1=C(C)Nc2nc(=S)[nH]c(N)c2C1c1cc(Br)c(O)c(Br)c1. The van der Waals surface area contributed by atoms with E-state index in [9.17, 15) is 9.90 Å². The van der Waals surface area contributed by atoms with Crippen LogP contribution < -0.4 is 11.1 Å². The largest absolute Gasteiger partial charge is 0.506 e. The number of fused-ring (bicyclic) bond motifs is 1. The van der Waals surface area contributed by atoms with E-state index in [2.05, 4.69) is 47.1 Å². The number of nitrogens with two attached hydrogens (primary N) is 1. The third-order valence-corrected chi connectivity index (χ3v) is 5.56. The van der Waals surface area contributed by atoms with Crippen LogP contribution in [0.2, 0.25) is 0 Å². The summed E-state index contributed by atoms with van der Waals surface area (Å²) in [4.78, 5) is 19.9. The van der Waals surface area contributed by atoms with Crippen molar-refractivity contribution in [1.82, 2.24) is 9.97 Å². The van der Waals surface area contributed by atoms with Gasteiger partial charge in [0.2, 0.25) is 0 Å². The number of aromatic hydroxyl groups is 1. The first-order valence-corrected chi connectivity index (χ1v) is 9.96. The molecule has 0 fully saturated rings. The Morgan fingerprint density at radius 2 is 2.04 bits per heavy atom. The van der Waals surface area contributed by atoms with E-state index >= 15 is 0 Å². The second kappa shape index (κ2) is 7.61. The number of hydrogen-bond acceptors (Lipinski definition) is 7. The van der Waals surface area contributed by atoms with Crippen molar-refractivity contribution < 1.29 is 14.6 Å². The van der Waals surface area contributed by atoms with E-state index in [0.717, 1.165) is 5.56 Å². The number of allylic oxidation sites excluding steroid dienone is 1. The van der Waals surface area contributed by atoms with Gasteiger partial charge in [0.15, 0.2) is 4.77 Å². The predicted molar refractivity (Wildman–Crippen MR) is 112 cm³/mol. The van der Waals surface area contributed by atoms with Crippen molar-refractivity contribution in [2.75, 3.05) is 17.7 Å². The first kappa shape index (κ1) is 19.8. The minimum absolute atomic E-state index is 0.0601. The number of carbonyl (C=O) groups excluding carboxylic acids is 1. The molecule has 0 amide bonds. The van der Waals surface area contributed by atoms with Crippen LogP contribution in [0.4, 0.5) is 11.6 Å². The molecule has 5 N–H and O–H groups in total. The van der Waals surface area contributed by atoms with Gasteiger partial charge in [0.25, 0.3) is 0 Å². The van der Waals surface area contributed by atoms with E-state index in [1.165, 1.54) is 0 Å². The molecule has 1 unspecified atom stereocenters. The molecule has 0 saturated carbocycles. The Morgan fingerprint density at radius 1 is 1.41 bits per heavy atom. The molecule has 0 saturated heterocycles. The Morgan fingerprint density at radius 3 is 2.63 bits per heavy atom. The highest BCUT2D eigenvalue weighted by Crippen LogP contribution is 2.46. The lowest BCUT2D eigenvalue weighted by molar-refractivity contribution is -0.138. The van der Waals surface area contributed by atoms with E-state index < -0.39 is 11.9 Å². The van der Waals surface area contributed by atoms with Crippen LogP contribution in [-0.2, 0) is 9.53 Å². The molecule has 1 aliphatic heterocycles. The molecule has 7 nitrogen and oxygen atoms in total. The van der Waals surface area contributed by atoms with Crippen LogP contribution in [-0.4, -0.2) is 27.7 Å². The minimum atomic E-state index is -0.562. The number of phenols is 1. The van der Waals surface area contributed by atoms with Crippen molar-refractivity contribution in [3.8, 4) is 5.75 Å². The minimum Gasteiger partial charge on any atom is -0.506 e. The lowest BCUT2D eigenvalue weighted by atomic mass is 9.82. The van der Waals surface area contributed by atoms with Crippen LogP contribution in [0.1, 0.15) is 30.9 Å². The number of hydrogen-bond donors (Lipinski definition) is 4. The second-order valence-corrected chi connectivity index (χ2v) is 7.96. The normalized spacial score (nSPS) is 15.9. The standard InChI is InChI=1S/C17H16Br2N4O3S/c1-3-26-16(25)10-6(2)21-15-12(14(20)22-17(27)23-15)11(10)7-4-8(18)13(24)9(19)5-7/h4-5,11,24H,3H2,1-2H3,(H4,20,21,22,23,27). The first-order valence-electron chi connectivity index (χ1n) is 7.97. The van der Waals surface area contributed by atoms with E-state index in [-0.39, 0.29) is 17.1 Å². The van der Waals surface area contributed by atoms with Gasteiger partial charge < -0.3 is 25.9 Å². The van der Waals surface area contributed by atoms with Crippen LogP contribution in [0.15, 0.2) is 32.3 Å². The molecule has 142 valence electrons. The number of rotatable bonds is 3. The summed E-state index contributed by atoms with van der Waals surface area (Å²) in [6.07, 6.45) is 0. The van der Waals surface area contributed by atoms with Gasteiger partial charge in [0.1, 0.15) is 17.4 Å². The molecule has 0 spiro atoms. The fourth-order valence-corrected chi connectivity index (χ4v) is 4.48. The lowest BCUT2D eigenvalue weighted by Crippen LogP contribution is -2.26. The smallest absolute Gasteiger partial charge is 0.336 e. The number of halogens is 2. The number of aromatic nitrogens is 2. The number of nitrogen functional groups attached to an aromatic ring is 1. The summed E-state index contributed by atoms with van der Waals surface area (Å²) in [7, 11) is 0. The van der Waals surface area contributed by atoms with Gasteiger partial charge in [-0.2, -0.15) is 0 Å². The van der Waals surface area contributed by atoms with Crippen molar-refractivity contribution in [2.24, 2.45) is 0 Å². The number of H-pyrrole nitrogens is 1. The number of esters is 1. The number of ether oxygens (including phenoxy) is 1. The van der Waals surface area contributed by atoms with E-state index in [1.54, 1.807) is 26.0 Å². The number of phenolic OH excluding ortho intramolecular Hbond substituents is 1. The Labute approximate surface area is 177 Å². The Bertz CT molecular complexity index is 1010. The van der Waals surface area contributed by atoms with Gasteiger partial charge in [-0.3, -0.25) is 0 Å². The highest BCUT2D eigenvalue weighted by Gasteiger charge is 2.36. The fraction of sp³-hybridized carbons (Fsp3) is 0.235. The van der Waals surface area contributed by atoms with Crippen molar-refractivity contribution in [3.63, 3.8) is 0 Å². The maximum Gasteiger partial charge on any atom is 0.336 e. The molecule has 1 aromatic carbocycles. The maximum absolute atomic E-state index is 12.7. The van der Waals surface area contributed by atoms with E-state index in [1.807, 2.05) is 0 Å². The average molecular weight is 516 g/mol. The summed E-state index contributed by atoms with van der Waals surface area (Å²) in [5, 5.41) is 13.2. The Balaban J connectivity index is 2.32. The number of anilines is 2. The molecule has 3 rings (SSSR count). The molecule has 0 aliphatic carbocycles. The van der Waals surface area contributed by atoms with Gasteiger partial charge in [-0.1, -0.05) is 0 Å². The number of aromatic amines is 1. The third kappa shape index (κ3) is 3.61. The number of nitrogens with one attached hydrogen (secondary N) is 2.